The second-order valence-electron chi connectivity index (χ2n) is 7.07. The third-order valence-electron chi connectivity index (χ3n) is 4.93. The molecule has 2 heterocycles. The fraction of sp³-hybridized carbons (Fsp3) is 0.273. The van der Waals surface area contributed by atoms with Gasteiger partial charge < -0.3 is 19.8 Å². The molecule has 2 N–H and O–H groups in total. The smallest absolute Gasteiger partial charge is 0.356 e. The maximum atomic E-state index is 12.3. The van der Waals surface area contributed by atoms with Crippen LogP contribution in [0.4, 0.5) is 5.69 Å². The molecule has 0 radical (unpaired) electrons. The Hall–Kier alpha value is -2.87. The lowest BCUT2D eigenvalue weighted by Crippen LogP contribution is -2.35. The Bertz CT molecular complexity index is 1040. The van der Waals surface area contributed by atoms with Gasteiger partial charge in [-0.1, -0.05) is 41.9 Å². The molecule has 8 heteroatoms. The van der Waals surface area contributed by atoms with E-state index in [-0.39, 0.29) is 10.7 Å². The SMILES string of the molecule is O=C(COC(=O)c1[nH]c2ccccc2c1Cl)Nc1ccc(CN2CCOCC2)cc1. The number of nitrogens with zero attached hydrogens (tertiary/aromatic N) is 1. The van der Waals surface area contributed by atoms with Crippen molar-refractivity contribution in [3.63, 3.8) is 0 Å². The van der Waals surface area contributed by atoms with Crippen LogP contribution in [0.2, 0.25) is 5.02 Å². The molecule has 1 aliphatic rings. The highest BCUT2D eigenvalue weighted by Gasteiger charge is 2.18. The van der Waals surface area contributed by atoms with Crippen molar-refractivity contribution in [3.05, 3.63) is 64.8 Å². The molecular weight excluding hydrogens is 406 g/mol. The Morgan fingerprint density at radius 1 is 1.10 bits per heavy atom. The number of H-pyrrole nitrogens is 1. The first-order valence-electron chi connectivity index (χ1n) is 9.72. The lowest BCUT2D eigenvalue weighted by molar-refractivity contribution is -0.119. The van der Waals surface area contributed by atoms with E-state index in [2.05, 4.69) is 15.2 Å². The van der Waals surface area contributed by atoms with Gasteiger partial charge in [0.2, 0.25) is 0 Å². The summed E-state index contributed by atoms with van der Waals surface area (Å²) in [6, 6.07) is 14.9. The van der Waals surface area contributed by atoms with Crippen LogP contribution in [-0.2, 0) is 20.8 Å². The summed E-state index contributed by atoms with van der Waals surface area (Å²) in [5, 5.41) is 3.74. The Morgan fingerprint density at radius 2 is 1.83 bits per heavy atom. The number of para-hydroxylation sites is 1. The largest absolute Gasteiger partial charge is 0.451 e. The lowest BCUT2D eigenvalue weighted by atomic mass is 10.2. The summed E-state index contributed by atoms with van der Waals surface area (Å²) in [6.45, 7) is 3.81. The van der Waals surface area contributed by atoms with Crippen molar-refractivity contribution in [1.82, 2.24) is 9.88 Å². The molecule has 7 nitrogen and oxygen atoms in total. The fourth-order valence-electron chi connectivity index (χ4n) is 3.36. The maximum absolute atomic E-state index is 12.3. The van der Waals surface area contributed by atoms with Crippen LogP contribution < -0.4 is 5.32 Å². The summed E-state index contributed by atoms with van der Waals surface area (Å²) in [7, 11) is 0. The number of ether oxygens (including phenoxy) is 2. The Morgan fingerprint density at radius 3 is 2.57 bits per heavy atom. The third kappa shape index (κ3) is 4.81. The first kappa shape index (κ1) is 20.4. The highest BCUT2D eigenvalue weighted by Crippen LogP contribution is 2.27. The van der Waals surface area contributed by atoms with Gasteiger partial charge in [0.05, 0.1) is 18.2 Å². The number of aromatic nitrogens is 1. The normalized spacial score (nSPS) is 14.6. The average Bonchev–Trinajstić information content (AvgIpc) is 3.11. The van der Waals surface area contributed by atoms with E-state index < -0.39 is 18.5 Å². The molecule has 1 amide bonds. The topological polar surface area (TPSA) is 83.7 Å². The zero-order valence-corrected chi connectivity index (χ0v) is 17.1. The summed E-state index contributed by atoms with van der Waals surface area (Å²) in [5.74, 6) is -1.09. The van der Waals surface area contributed by atoms with Gasteiger partial charge in [0.15, 0.2) is 6.61 Å². The zero-order chi connectivity index (χ0) is 20.9. The Kier molecular flexibility index (Phi) is 6.32. The molecule has 0 bridgehead atoms. The van der Waals surface area contributed by atoms with Crippen molar-refractivity contribution >= 4 is 40.1 Å². The second-order valence-corrected chi connectivity index (χ2v) is 7.45. The molecule has 1 fully saturated rings. The number of anilines is 1. The minimum Gasteiger partial charge on any atom is -0.451 e. The van der Waals surface area contributed by atoms with Crippen molar-refractivity contribution in [3.8, 4) is 0 Å². The molecule has 4 rings (SSSR count). The maximum Gasteiger partial charge on any atom is 0.356 e. The zero-order valence-electron chi connectivity index (χ0n) is 16.3. The lowest BCUT2D eigenvalue weighted by Gasteiger charge is -2.26. The van der Waals surface area contributed by atoms with Gasteiger partial charge in [-0.05, 0) is 23.8 Å². The molecule has 3 aromatic rings. The van der Waals surface area contributed by atoms with Gasteiger partial charge in [0, 0.05) is 36.2 Å². The minimum absolute atomic E-state index is 0.137. The van der Waals surface area contributed by atoms with E-state index in [4.69, 9.17) is 21.1 Å². The van der Waals surface area contributed by atoms with Crippen LogP contribution in [0.5, 0.6) is 0 Å². The number of hydrogen-bond acceptors (Lipinski definition) is 5. The van der Waals surface area contributed by atoms with Gasteiger partial charge in [0.25, 0.3) is 5.91 Å². The summed E-state index contributed by atoms with van der Waals surface area (Å²) in [4.78, 5) is 29.7. The van der Waals surface area contributed by atoms with Crippen LogP contribution in [0.1, 0.15) is 16.1 Å². The molecule has 0 saturated carbocycles. The highest BCUT2D eigenvalue weighted by molar-refractivity contribution is 6.38. The predicted octanol–water partition coefficient (Wildman–Crippen LogP) is 3.45. The first-order chi connectivity index (χ1) is 14.6. The number of rotatable bonds is 6. The van der Waals surface area contributed by atoms with Crippen LogP contribution >= 0.6 is 11.6 Å². The number of morpholine rings is 1. The summed E-state index contributed by atoms with van der Waals surface area (Å²) < 4.78 is 10.5. The fourth-order valence-corrected chi connectivity index (χ4v) is 3.65. The van der Waals surface area contributed by atoms with Crippen molar-refractivity contribution in [2.24, 2.45) is 0 Å². The van der Waals surface area contributed by atoms with Crippen LogP contribution in [-0.4, -0.2) is 54.7 Å². The standard InChI is InChI=1S/C22H22ClN3O4/c23-20-17-3-1-2-4-18(17)25-21(20)22(28)30-14-19(27)24-16-7-5-15(6-8-16)13-26-9-11-29-12-10-26/h1-8,25H,9-14H2,(H,24,27). The van der Waals surface area contributed by atoms with Crippen molar-refractivity contribution in [2.45, 2.75) is 6.54 Å². The summed E-state index contributed by atoms with van der Waals surface area (Å²) in [5.41, 5.74) is 2.68. The van der Waals surface area contributed by atoms with Crippen LogP contribution in [0.15, 0.2) is 48.5 Å². The number of fused-ring (bicyclic) bond motifs is 1. The average molecular weight is 428 g/mol. The Balaban J connectivity index is 1.28. The number of carbonyl (C=O) groups excluding carboxylic acids is 2. The quantitative estimate of drug-likeness (QED) is 0.589. The first-order valence-corrected chi connectivity index (χ1v) is 10.1. The number of esters is 1. The molecule has 2 aromatic carbocycles. The van der Waals surface area contributed by atoms with Crippen LogP contribution in [0.25, 0.3) is 10.9 Å². The molecule has 1 saturated heterocycles. The van der Waals surface area contributed by atoms with Gasteiger partial charge in [-0.3, -0.25) is 9.69 Å². The van der Waals surface area contributed by atoms with Crippen LogP contribution in [0, 0.1) is 0 Å². The van der Waals surface area contributed by atoms with Gasteiger partial charge >= 0.3 is 5.97 Å². The highest BCUT2D eigenvalue weighted by atomic mass is 35.5. The number of benzene rings is 2. The molecule has 30 heavy (non-hydrogen) atoms. The van der Waals surface area contributed by atoms with E-state index in [9.17, 15) is 9.59 Å². The minimum atomic E-state index is -0.674. The number of amides is 1. The number of hydrogen-bond donors (Lipinski definition) is 2. The summed E-state index contributed by atoms with van der Waals surface area (Å²) >= 11 is 6.24. The molecule has 0 spiro atoms. The van der Waals surface area contributed by atoms with Gasteiger partial charge in [0.1, 0.15) is 5.69 Å². The van der Waals surface area contributed by atoms with Crippen molar-refractivity contribution in [1.29, 1.82) is 0 Å². The number of aromatic amines is 1. The molecule has 1 aromatic heterocycles. The number of nitrogens with one attached hydrogen (secondary N) is 2. The van der Waals surface area contributed by atoms with Crippen LogP contribution in [0.3, 0.4) is 0 Å². The van der Waals surface area contributed by atoms with E-state index in [1.165, 1.54) is 0 Å². The van der Waals surface area contributed by atoms with E-state index in [1.807, 2.05) is 42.5 Å². The van der Waals surface area contributed by atoms with Gasteiger partial charge in [-0.2, -0.15) is 0 Å². The second kappa shape index (κ2) is 9.30. The molecule has 0 aliphatic carbocycles. The van der Waals surface area contributed by atoms with Gasteiger partial charge in [-0.25, -0.2) is 4.79 Å². The number of carbonyl (C=O) groups is 2. The Labute approximate surface area is 178 Å². The molecule has 0 unspecified atom stereocenters. The molecule has 0 atom stereocenters. The third-order valence-corrected chi connectivity index (χ3v) is 5.32. The monoisotopic (exact) mass is 427 g/mol. The predicted molar refractivity (Wildman–Crippen MR) is 115 cm³/mol. The van der Waals surface area contributed by atoms with Crippen molar-refractivity contribution in [2.75, 3.05) is 38.2 Å². The van der Waals surface area contributed by atoms with E-state index in [0.29, 0.717) is 5.69 Å². The van der Waals surface area contributed by atoms with E-state index in [0.717, 1.165) is 49.3 Å². The molecular formula is C22H22ClN3O4. The number of halogens is 1. The summed E-state index contributed by atoms with van der Waals surface area (Å²) in [6.07, 6.45) is 0. The van der Waals surface area contributed by atoms with E-state index >= 15 is 0 Å². The van der Waals surface area contributed by atoms with E-state index in [1.54, 1.807) is 6.07 Å². The van der Waals surface area contributed by atoms with Gasteiger partial charge in [-0.15, -0.1) is 0 Å². The molecule has 156 valence electrons. The molecule has 1 aliphatic heterocycles. The van der Waals surface area contributed by atoms with Crippen molar-refractivity contribution < 1.29 is 19.1 Å².